The summed E-state index contributed by atoms with van der Waals surface area (Å²) in [6.45, 7) is 6.65. The van der Waals surface area contributed by atoms with Crippen molar-refractivity contribution in [2.75, 3.05) is 12.4 Å². The van der Waals surface area contributed by atoms with E-state index in [-0.39, 0.29) is 11.9 Å². The van der Waals surface area contributed by atoms with Crippen LogP contribution in [0.15, 0.2) is 47.1 Å². The second-order valence-corrected chi connectivity index (χ2v) is 6.93. The van der Waals surface area contributed by atoms with E-state index < -0.39 is 0 Å². The molecule has 1 aromatic carbocycles. The number of carbonyl (C=O) groups is 1. The first-order valence-corrected chi connectivity index (χ1v) is 9.01. The summed E-state index contributed by atoms with van der Waals surface area (Å²) in [5, 5.41) is 7.33. The number of aromatic nitrogens is 2. The van der Waals surface area contributed by atoms with Gasteiger partial charge in [-0.05, 0) is 57.6 Å². The number of nitrogens with one attached hydrogen (secondary N) is 1. The molecule has 2 heterocycles. The molecule has 6 heteroatoms. The van der Waals surface area contributed by atoms with E-state index in [4.69, 9.17) is 4.42 Å². The van der Waals surface area contributed by atoms with E-state index in [1.54, 1.807) is 10.9 Å². The molecule has 2 aromatic heterocycles. The summed E-state index contributed by atoms with van der Waals surface area (Å²) >= 11 is 0. The molecule has 0 aliphatic heterocycles. The molecule has 6 nitrogen and oxygen atoms in total. The molecule has 0 radical (unpaired) electrons. The van der Waals surface area contributed by atoms with Crippen LogP contribution in [-0.4, -0.2) is 27.6 Å². The Balaban J connectivity index is 1.72. The predicted molar refractivity (Wildman–Crippen MR) is 106 cm³/mol. The van der Waals surface area contributed by atoms with E-state index in [1.165, 1.54) is 0 Å². The van der Waals surface area contributed by atoms with Gasteiger partial charge in [-0.1, -0.05) is 12.1 Å². The Bertz CT molecular complexity index is 928. The lowest BCUT2D eigenvalue weighted by atomic mass is 10.1. The second-order valence-electron chi connectivity index (χ2n) is 6.93. The maximum Gasteiger partial charge on any atom is 0.255 e. The van der Waals surface area contributed by atoms with Gasteiger partial charge in [0.05, 0.1) is 29.4 Å². The highest BCUT2D eigenvalue weighted by molar-refractivity contribution is 6.05. The van der Waals surface area contributed by atoms with Gasteiger partial charge in [0.15, 0.2) is 0 Å². The highest BCUT2D eigenvalue weighted by atomic mass is 16.3. The number of furan rings is 1. The van der Waals surface area contributed by atoms with Gasteiger partial charge in [-0.25, -0.2) is 0 Å². The summed E-state index contributed by atoms with van der Waals surface area (Å²) in [5.41, 5.74) is 4.23. The minimum atomic E-state index is -0.127. The maximum absolute atomic E-state index is 12.7. The van der Waals surface area contributed by atoms with E-state index in [0.29, 0.717) is 12.1 Å². The summed E-state index contributed by atoms with van der Waals surface area (Å²) in [5.74, 6) is 0.798. The molecule has 0 saturated carbocycles. The number of amides is 1. The van der Waals surface area contributed by atoms with E-state index in [2.05, 4.69) is 22.2 Å². The van der Waals surface area contributed by atoms with Crippen LogP contribution in [0.1, 0.15) is 46.0 Å². The Labute approximate surface area is 159 Å². The van der Waals surface area contributed by atoms with Crippen molar-refractivity contribution in [3.8, 4) is 0 Å². The average Bonchev–Trinajstić information content (AvgIpc) is 3.26. The van der Waals surface area contributed by atoms with E-state index in [0.717, 1.165) is 28.4 Å². The molecule has 27 heavy (non-hydrogen) atoms. The largest absolute Gasteiger partial charge is 0.468 e. The van der Waals surface area contributed by atoms with E-state index in [1.807, 2.05) is 64.3 Å². The zero-order chi connectivity index (χ0) is 19.6. The van der Waals surface area contributed by atoms with Gasteiger partial charge in [-0.2, -0.15) is 5.10 Å². The van der Waals surface area contributed by atoms with Crippen molar-refractivity contribution in [3.63, 3.8) is 0 Å². The molecule has 3 aromatic rings. The summed E-state index contributed by atoms with van der Waals surface area (Å²) in [4.78, 5) is 14.9. The fourth-order valence-corrected chi connectivity index (χ4v) is 3.12. The van der Waals surface area contributed by atoms with Gasteiger partial charge in [-0.15, -0.1) is 0 Å². The SMILES string of the molecule is Cc1nn(C)c(C)c1NC(=O)c1cccc(CN(C)[C@@H](C)c2ccco2)c1. The van der Waals surface area contributed by atoms with Crippen LogP contribution in [-0.2, 0) is 13.6 Å². The van der Waals surface area contributed by atoms with E-state index in [9.17, 15) is 4.79 Å². The van der Waals surface area contributed by atoms with Crippen molar-refractivity contribution in [3.05, 3.63) is 70.9 Å². The Kier molecular flexibility index (Phi) is 5.46. The van der Waals surface area contributed by atoms with Crippen molar-refractivity contribution in [1.29, 1.82) is 0 Å². The van der Waals surface area contributed by atoms with E-state index >= 15 is 0 Å². The van der Waals surface area contributed by atoms with Crippen LogP contribution in [0, 0.1) is 13.8 Å². The van der Waals surface area contributed by atoms with Crippen molar-refractivity contribution in [1.82, 2.24) is 14.7 Å². The van der Waals surface area contributed by atoms with Crippen molar-refractivity contribution in [2.45, 2.75) is 33.4 Å². The lowest BCUT2D eigenvalue weighted by molar-refractivity contribution is 0.102. The van der Waals surface area contributed by atoms with Gasteiger partial charge in [0.2, 0.25) is 0 Å². The molecule has 142 valence electrons. The fraction of sp³-hybridized carbons (Fsp3) is 0.333. The molecule has 1 N–H and O–H groups in total. The Morgan fingerprint density at radius 3 is 2.70 bits per heavy atom. The molecule has 0 spiro atoms. The molecule has 0 saturated heterocycles. The van der Waals surface area contributed by atoms with Crippen LogP contribution in [0.3, 0.4) is 0 Å². The Hall–Kier alpha value is -2.86. The third-order valence-electron chi connectivity index (χ3n) is 4.98. The minimum absolute atomic E-state index is 0.127. The van der Waals surface area contributed by atoms with Crippen LogP contribution in [0.5, 0.6) is 0 Å². The zero-order valence-corrected chi connectivity index (χ0v) is 16.5. The summed E-state index contributed by atoms with van der Waals surface area (Å²) < 4.78 is 7.26. The second kappa shape index (κ2) is 7.80. The highest BCUT2D eigenvalue weighted by Gasteiger charge is 2.16. The Morgan fingerprint density at radius 1 is 1.30 bits per heavy atom. The third-order valence-corrected chi connectivity index (χ3v) is 4.98. The maximum atomic E-state index is 12.7. The summed E-state index contributed by atoms with van der Waals surface area (Å²) in [6.07, 6.45) is 1.69. The molecule has 0 aliphatic carbocycles. The van der Waals surface area contributed by atoms with Crippen LogP contribution < -0.4 is 5.32 Å². The fourth-order valence-electron chi connectivity index (χ4n) is 3.12. The first-order valence-electron chi connectivity index (χ1n) is 9.01. The molecule has 0 bridgehead atoms. The lowest BCUT2D eigenvalue weighted by Gasteiger charge is -2.23. The molecule has 0 aliphatic rings. The van der Waals surface area contributed by atoms with Gasteiger partial charge in [0.25, 0.3) is 5.91 Å². The number of nitrogens with zero attached hydrogens (tertiary/aromatic N) is 3. The van der Waals surface area contributed by atoms with Gasteiger partial charge in [0.1, 0.15) is 5.76 Å². The minimum Gasteiger partial charge on any atom is -0.468 e. The van der Waals surface area contributed by atoms with Crippen molar-refractivity contribution >= 4 is 11.6 Å². The highest BCUT2D eigenvalue weighted by Crippen LogP contribution is 2.22. The number of hydrogen-bond acceptors (Lipinski definition) is 4. The smallest absolute Gasteiger partial charge is 0.255 e. The lowest BCUT2D eigenvalue weighted by Crippen LogP contribution is -2.22. The predicted octanol–water partition coefficient (Wildman–Crippen LogP) is 4.08. The van der Waals surface area contributed by atoms with Gasteiger partial charge in [0, 0.05) is 19.2 Å². The third kappa shape index (κ3) is 4.11. The number of rotatable bonds is 6. The molecule has 0 fully saturated rings. The molecule has 3 rings (SSSR count). The number of carbonyl (C=O) groups excluding carboxylic acids is 1. The van der Waals surface area contributed by atoms with Gasteiger partial charge in [-0.3, -0.25) is 14.4 Å². The Morgan fingerprint density at radius 2 is 2.07 bits per heavy atom. The first kappa shape index (κ1) is 18.9. The number of anilines is 1. The van der Waals surface area contributed by atoms with Crippen LogP contribution in [0.4, 0.5) is 5.69 Å². The average molecular weight is 366 g/mol. The van der Waals surface area contributed by atoms with Crippen LogP contribution >= 0.6 is 0 Å². The van der Waals surface area contributed by atoms with Crippen LogP contribution in [0.2, 0.25) is 0 Å². The molecule has 1 amide bonds. The topological polar surface area (TPSA) is 63.3 Å². The molecular formula is C21H26N4O2. The summed E-state index contributed by atoms with van der Waals surface area (Å²) in [6, 6.07) is 11.7. The number of hydrogen-bond donors (Lipinski definition) is 1. The standard InChI is InChI=1S/C21H26N4O2/c1-14-20(16(3)25(5)23-14)22-21(26)18-9-6-8-17(12-18)13-24(4)15(2)19-10-7-11-27-19/h6-12,15H,13H2,1-5H3,(H,22,26)/t15-/m0/s1. The van der Waals surface area contributed by atoms with Gasteiger partial charge < -0.3 is 9.73 Å². The van der Waals surface area contributed by atoms with Crippen LogP contribution in [0.25, 0.3) is 0 Å². The summed E-state index contributed by atoms with van der Waals surface area (Å²) in [7, 11) is 3.91. The molecular weight excluding hydrogens is 340 g/mol. The van der Waals surface area contributed by atoms with Crippen molar-refractivity contribution < 1.29 is 9.21 Å². The molecule has 1 atom stereocenters. The quantitative estimate of drug-likeness (QED) is 0.714. The zero-order valence-electron chi connectivity index (χ0n) is 16.5. The molecule has 0 unspecified atom stereocenters. The number of aryl methyl sites for hydroxylation is 2. The normalized spacial score (nSPS) is 12.4. The monoisotopic (exact) mass is 366 g/mol. The first-order chi connectivity index (χ1) is 12.9. The van der Waals surface area contributed by atoms with Crippen molar-refractivity contribution in [2.24, 2.45) is 7.05 Å². The van der Waals surface area contributed by atoms with Gasteiger partial charge >= 0.3 is 0 Å². The number of benzene rings is 1.